The smallest absolute Gasteiger partial charge is 0.118 e. The summed E-state index contributed by atoms with van der Waals surface area (Å²) in [6, 6.07) is 2.81. The number of hydrogen-bond acceptors (Lipinski definition) is 4. The molecule has 1 aromatic heterocycles. The van der Waals surface area contributed by atoms with E-state index in [1.165, 1.54) is 5.56 Å². The Morgan fingerprint density at radius 3 is 3.00 bits per heavy atom. The second-order valence-corrected chi connectivity index (χ2v) is 5.27. The maximum Gasteiger partial charge on any atom is 0.118 e. The highest BCUT2D eigenvalue weighted by Gasteiger charge is 2.21. The number of rotatable bonds is 5. The van der Waals surface area contributed by atoms with Crippen LogP contribution < -0.4 is 5.32 Å². The van der Waals surface area contributed by atoms with Gasteiger partial charge in [-0.2, -0.15) is 0 Å². The molecule has 18 heavy (non-hydrogen) atoms. The molecule has 0 spiro atoms. The average molecular weight is 251 g/mol. The van der Waals surface area contributed by atoms with E-state index in [0.29, 0.717) is 6.04 Å². The largest absolute Gasteiger partial charge is 0.468 e. The first-order chi connectivity index (χ1) is 8.69. The van der Waals surface area contributed by atoms with Crippen molar-refractivity contribution in [3.8, 4) is 0 Å². The molecule has 0 saturated carbocycles. The van der Waals surface area contributed by atoms with Crippen molar-refractivity contribution in [1.82, 2.24) is 15.1 Å². The van der Waals surface area contributed by atoms with E-state index in [1.807, 2.05) is 6.26 Å². The second kappa shape index (κ2) is 6.36. The second-order valence-electron chi connectivity index (χ2n) is 5.27. The average Bonchev–Trinajstić information content (AvgIpc) is 2.79. The fourth-order valence-electron chi connectivity index (χ4n) is 2.36. The zero-order valence-electron chi connectivity index (χ0n) is 11.8. The third kappa shape index (κ3) is 3.57. The van der Waals surface area contributed by atoms with Gasteiger partial charge in [0, 0.05) is 37.8 Å². The molecule has 1 fully saturated rings. The maximum absolute atomic E-state index is 5.63. The van der Waals surface area contributed by atoms with Crippen molar-refractivity contribution < 1.29 is 4.42 Å². The molecular formula is C14H25N3O. The van der Waals surface area contributed by atoms with Crippen LogP contribution >= 0.6 is 0 Å². The third-order valence-electron chi connectivity index (χ3n) is 3.71. The topological polar surface area (TPSA) is 31.7 Å². The molecule has 0 amide bonds. The molecule has 1 aliphatic heterocycles. The van der Waals surface area contributed by atoms with Crippen molar-refractivity contribution >= 4 is 0 Å². The van der Waals surface area contributed by atoms with Gasteiger partial charge >= 0.3 is 0 Å². The Kier molecular flexibility index (Phi) is 4.80. The van der Waals surface area contributed by atoms with Gasteiger partial charge in [0.1, 0.15) is 5.76 Å². The fraction of sp³-hybridized carbons (Fsp3) is 0.714. The third-order valence-corrected chi connectivity index (χ3v) is 3.71. The van der Waals surface area contributed by atoms with E-state index in [-0.39, 0.29) is 0 Å². The van der Waals surface area contributed by atoms with E-state index in [4.69, 9.17) is 4.42 Å². The van der Waals surface area contributed by atoms with Crippen LogP contribution in [0.5, 0.6) is 0 Å². The van der Waals surface area contributed by atoms with E-state index in [1.54, 1.807) is 0 Å². The molecule has 0 radical (unpaired) electrons. The van der Waals surface area contributed by atoms with Crippen LogP contribution in [0.25, 0.3) is 0 Å². The van der Waals surface area contributed by atoms with Crippen molar-refractivity contribution in [3.05, 3.63) is 23.7 Å². The highest BCUT2D eigenvalue weighted by Crippen LogP contribution is 2.14. The van der Waals surface area contributed by atoms with Crippen LogP contribution in [-0.2, 0) is 13.1 Å². The molecule has 1 N–H and O–H groups in total. The zero-order valence-corrected chi connectivity index (χ0v) is 11.8. The Hall–Kier alpha value is -0.840. The fourth-order valence-corrected chi connectivity index (χ4v) is 2.36. The first kappa shape index (κ1) is 13.6. The minimum Gasteiger partial charge on any atom is -0.468 e. The Balaban J connectivity index is 1.84. The molecule has 1 aliphatic rings. The molecule has 1 saturated heterocycles. The maximum atomic E-state index is 5.63. The van der Waals surface area contributed by atoms with Gasteiger partial charge in [0.05, 0.1) is 12.8 Å². The SMILES string of the molecule is CCNCc1coc(CN2CCN(C)C(C)C2)c1. The van der Waals surface area contributed by atoms with Crippen LogP contribution in [0.3, 0.4) is 0 Å². The van der Waals surface area contributed by atoms with Crippen molar-refractivity contribution in [3.63, 3.8) is 0 Å². The van der Waals surface area contributed by atoms with Crippen LogP contribution in [0.2, 0.25) is 0 Å². The van der Waals surface area contributed by atoms with E-state index in [0.717, 1.165) is 45.0 Å². The minimum atomic E-state index is 0.634. The van der Waals surface area contributed by atoms with Gasteiger partial charge in [0.15, 0.2) is 0 Å². The summed E-state index contributed by atoms with van der Waals surface area (Å²) in [7, 11) is 2.20. The number of nitrogens with zero attached hydrogens (tertiary/aromatic N) is 2. The van der Waals surface area contributed by atoms with Gasteiger partial charge in [0.25, 0.3) is 0 Å². The van der Waals surface area contributed by atoms with Crippen LogP contribution in [0.1, 0.15) is 25.2 Å². The Labute approximate surface area is 110 Å². The Morgan fingerprint density at radius 2 is 2.28 bits per heavy atom. The van der Waals surface area contributed by atoms with E-state index in [9.17, 15) is 0 Å². The summed E-state index contributed by atoms with van der Waals surface area (Å²) < 4.78 is 5.63. The van der Waals surface area contributed by atoms with Crippen molar-refractivity contribution in [1.29, 1.82) is 0 Å². The van der Waals surface area contributed by atoms with E-state index < -0.39 is 0 Å². The predicted octanol–water partition coefficient (Wildman–Crippen LogP) is 1.52. The molecule has 0 aliphatic carbocycles. The summed E-state index contributed by atoms with van der Waals surface area (Å²) in [4.78, 5) is 4.88. The van der Waals surface area contributed by atoms with Crippen LogP contribution in [0, 0.1) is 0 Å². The normalized spacial score (nSPS) is 22.5. The first-order valence-electron chi connectivity index (χ1n) is 6.88. The lowest BCUT2D eigenvalue weighted by atomic mass is 10.2. The van der Waals surface area contributed by atoms with Gasteiger partial charge in [-0.1, -0.05) is 6.92 Å². The van der Waals surface area contributed by atoms with Crippen molar-refractivity contribution in [2.45, 2.75) is 33.0 Å². The molecular weight excluding hydrogens is 226 g/mol. The molecule has 2 heterocycles. The van der Waals surface area contributed by atoms with Crippen LogP contribution in [0.15, 0.2) is 16.7 Å². The molecule has 4 heteroatoms. The first-order valence-corrected chi connectivity index (χ1v) is 6.88. The highest BCUT2D eigenvalue weighted by atomic mass is 16.3. The van der Waals surface area contributed by atoms with Gasteiger partial charge in [-0.15, -0.1) is 0 Å². The summed E-state index contributed by atoms with van der Waals surface area (Å²) in [6.45, 7) is 10.6. The number of nitrogens with one attached hydrogen (secondary N) is 1. The molecule has 0 bridgehead atoms. The minimum absolute atomic E-state index is 0.634. The van der Waals surface area contributed by atoms with Gasteiger partial charge in [0.2, 0.25) is 0 Å². The molecule has 4 nitrogen and oxygen atoms in total. The van der Waals surface area contributed by atoms with Crippen LogP contribution in [-0.4, -0.2) is 49.1 Å². The lowest BCUT2D eigenvalue weighted by molar-refractivity contribution is 0.0947. The molecule has 2 rings (SSSR count). The highest BCUT2D eigenvalue weighted by molar-refractivity contribution is 5.12. The number of piperazine rings is 1. The van der Waals surface area contributed by atoms with Crippen LogP contribution in [0.4, 0.5) is 0 Å². The summed E-state index contributed by atoms with van der Waals surface area (Å²) in [5.41, 5.74) is 1.24. The molecule has 1 aromatic rings. The standard InChI is InChI=1S/C14H25N3O/c1-4-15-8-13-7-14(18-11-13)10-17-6-5-16(3)12(2)9-17/h7,11-12,15H,4-6,8-10H2,1-3H3. The molecule has 1 unspecified atom stereocenters. The zero-order chi connectivity index (χ0) is 13.0. The van der Waals surface area contributed by atoms with Gasteiger partial charge in [-0.05, 0) is 26.6 Å². The Morgan fingerprint density at radius 1 is 1.44 bits per heavy atom. The Bertz CT molecular complexity index is 364. The molecule has 0 aromatic carbocycles. The van der Waals surface area contributed by atoms with Gasteiger partial charge in [-0.25, -0.2) is 0 Å². The number of likely N-dealkylation sites (N-methyl/N-ethyl adjacent to an activating group) is 1. The summed E-state index contributed by atoms with van der Waals surface area (Å²) in [5, 5.41) is 3.31. The molecule has 1 atom stereocenters. The van der Waals surface area contributed by atoms with Gasteiger partial charge < -0.3 is 14.6 Å². The lowest BCUT2D eigenvalue weighted by Crippen LogP contribution is -2.49. The van der Waals surface area contributed by atoms with E-state index >= 15 is 0 Å². The predicted molar refractivity (Wildman–Crippen MR) is 73.5 cm³/mol. The summed E-state index contributed by atoms with van der Waals surface area (Å²) >= 11 is 0. The van der Waals surface area contributed by atoms with Crippen molar-refractivity contribution in [2.24, 2.45) is 0 Å². The van der Waals surface area contributed by atoms with Crippen molar-refractivity contribution in [2.75, 3.05) is 33.2 Å². The van der Waals surface area contributed by atoms with Gasteiger partial charge in [-0.3, -0.25) is 4.90 Å². The summed E-state index contributed by atoms with van der Waals surface area (Å²) in [6.07, 6.45) is 1.87. The van der Waals surface area contributed by atoms with E-state index in [2.05, 4.69) is 42.1 Å². The lowest BCUT2D eigenvalue weighted by Gasteiger charge is -2.37. The number of furan rings is 1. The number of hydrogen-bond donors (Lipinski definition) is 1. The molecule has 102 valence electrons. The quantitative estimate of drug-likeness (QED) is 0.860. The monoisotopic (exact) mass is 251 g/mol. The summed E-state index contributed by atoms with van der Waals surface area (Å²) in [5.74, 6) is 1.08.